The van der Waals surface area contributed by atoms with E-state index in [-0.39, 0.29) is 12.0 Å². The second-order valence-corrected chi connectivity index (χ2v) is 3.23. The molecular weight excluding hydrogens is 186 g/mol. The van der Waals surface area contributed by atoms with Crippen LogP contribution in [0.5, 0.6) is 0 Å². The summed E-state index contributed by atoms with van der Waals surface area (Å²) in [6, 6.07) is 0. The lowest BCUT2D eigenvalue weighted by Crippen LogP contribution is -2.31. The van der Waals surface area contributed by atoms with Crippen molar-refractivity contribution in [3.05, 3.63) is 0 Å². The third kappa shape index (κ3) is 2.88. The Kier molecular flexibility index (Phi) is 3.70. The van der Waals surface area contributed by atoms with Crippen LogP contribution in [0.25, 0.3) is 0 Å². The maximum atomic E-state index is 10.4. The quantitative estimate of drug-likeness (QED) is 0.425. The fraction of sp³-hybridized carbons (Fsp3) is 0.750. The molecule has 2 aliphatic rings. The zero-order valence-corrected chi connectivity index (χ0v) is 8.23. The summed E-state index contributed by atoms with van der Waals surface area (Å²) in [5.41, 5.74) is 0. The Bertz CT molecular complexity index is 208. The highest BCUT2D eigenvalue weighted by Crippen LogP contribution is 2.02. The van der Waals surface area contributed by atoms with Crippen molar-refractivity contribution in [1.82, 2.24) is 9.91 Å². The molecule has 6 heteroatoms. The first-order valence-corrected chi connectivity index (χ1v) is 4.54. The summed E-state index contributed by atoms with van der Waals surface area (Å²) in [7, 11) is 1.72. The molecule has 0 aromatic carbocycles. The van der Waals surface area contributed by atoms with Gasteiger partial charge in [0.1, 0.15) is 6.61 Å². The summed E-state index contributed by atoms with van der Waals surface area (Å²) >= 11 is 0. The van der Waals surface area contributed by atoms with Crippen molar-refractivity contribution in [2.24, 2.45) is 5.84 Å². The minimum atomic E-state index is -0.208. The van der Waals surface area contributed by atoms with Gasteiger partial charge in [-0.15, -0.1) is 0 Å². The largest absolute Gasteiger partial charge is 0.448 e. The zero-order chi connectivity index (χ0) is 10.6. The Morgan fingerprint density at radius 3 is 2.21 bits per heavy atom. The first-order valence-electron chi connectivity index (χ1n) is 4.54. The molecule has 0 aromatic rings. The Balaban J connectivity index is 0.000000140. The lowest BCUT2D eigenvalue weighted by atomic mass is 10.4. The van der Waals surface area contributed by atoms with Gasteiger partial charge in [0.15, 0.2) is 0 Å². The third-order valence-corrected chi connectivity index (χ3v) is 2.07. The molecule has 0 saturated carbocycles. The number of carbonyl (C=O) groups is 2. The van der Waals surface area contributed by atoms with Crippen molar-refractivity contribution >= 4 is 12.0 Å². The SMILES string of the molecule is CN1CCOC1=O.NN1CCCC1=O. The molecule has 0 atom stereocenters. The molecule has 2 fully saturated rings. The Morgan fingerprint density at radius 1 is 1.36 bits per heavy atom. The van der Waals surface area contributed by atoms with Gasteiger partial charge in [-0.1, -0.05) is 0 Å². The van der Waals surface area contributed by atoms with E-state index in [2.05, 4.69) is 4.74 Å². The predicted molar refractivity (Wildman–Crippen MR) is 49.1 cm³/mol. The fourth-order valence-corrected chi connectivity index (χ4v) is 1.14. The van der Waals surface area contributed by atoms with Gasteiger partial charge in [0.05, 0.1) is 6.54 Å². The summed E-state index contributed by atoms with van der Waals surface area (Å²) in [6.45, 7) is 2.02. The van der Waals surface area contributed by atoms with Crippen LogP contribution in [0.15, 0.2) is 0 Å². The van der Waals surface area contributed by atoms with E-state index in [4.69, 9.17) is 5.84 Å². The topological polar surface area (TPSA) is 75.9 Å². The molecule has 0 aliphatic carbocycles. The second-order valence-electron chi connectivity index (χ2n) is 3.23. The van der Waals surface area contributed by atoms with Gasteiger partial charge in [-0.25, -0.2) is 10.6 Å². The lowest BCUT2D eigenvalue weighted by Gasteiger charge is -2.03. The van der Waals surface area contributed by atoms with E-state index in [1.54, 1.807) is 11.9 Å². The summed E-state index contributed by atoms with van der Waals surface area (Å²) in [6.07, 6.45) is 1.35. The van der Waals surface area contributed by atoms with Gasteiger partial charge in [-0.05, 0) is 6.42 Å². The van der Waals surface area contributed by atoms with E-state index >= 15 is 0 Å². The lowest BCUT2D eigenvalue weighted by molar-refractivity contribution is -0.127. The van der Waals surface area contributed by atoms with Crippen LogP contribution in [0.1, 0.15) is 12.8 Å². The maximum absolute atomic E-state index is 10.4. The smallest absolute Gasteiger partial charge is 0.409 e. The highest BCUT2D eigenvalue weighted by atomic mass is 16.6. The standard InChI is InChI=1S/C4H8N2O.C4H7NO2/c5-6-3-1-2-4(6)7;1-5-2-3-7-4(5)6/h1-3,5H2;2-3H2,1H3. The average Bonchev–Trinajstić information content (AvgIpc) is 2.67. The monoisotopic (exact) mass is 201 g/mol. The Hall–Kier alpha value is -1.30. The molecule has 0 spiro atoms. The van der Waals surface area contributed by atoms with Crippen LogP contribution in [0.3, 0.4) is 0 Å². The molecule has 2 amide bonds. The molecule has 2 N–H and O–H groups in total. The van der Waals surface area contributed by atoms with Crippen LogP contribution in [0, 0.1) is 0 Å². The number of nitrogens with zero attached hydrogens (tertiary/aromatic N) is 2. The van der Waals surface area contributed by atoms with Crippen molar-refractivity contribution in [2.75, 3.05) is 26.7 Å². The second kappa shape index (κ2) is 4.80. The van der Waals surface area contributed by atoms with Gasteiger partial charge in [0, 0.05) is 20.0 Å². The normalized spacial score (nSPS) is 20.7. The summed E-state index contributed by atoms with van der Waals surface area (Å²) < 4.78 is 4.55. The molecule has 6 nitrogen and oxygen atoms in total. The van der Waals surface area contributed by atoms with E-state index in [9.17, 15) is 9.59 Å². The van der Waals surface area contributed by atoms with Crippen molar-refractivity contribution in [1.29, 1.82) is 0 Å². The predicted octanol–water partition coefficient (Wildman–Crippen LogP) is -0.449. The summed E-state index contributed by atoms with van der Waals surface area (Å²) in [5, 5.41) is 1.26. The van der Waals surface area contributed by atoms with Gasteiger partial charge in [-0.3, -0.25) is 9.80 Å². The van der Waals surface area contributed by atoms with Crippen molar-refractivity contribution in [3.63, 3.8) is 0 Å². The van der Waals surface area contributed by atoms with Gasteiger partial charge in [0.25, 0.3) is 0 Å². The highest BCUT2D eigenvalue weighted by molar-refractivity contribution is 5.77. The Morgan fingerprint density at radius 2 is 2.07 bits per heavy atom. The van der Waals surface area contributed by atoms with E-state index in [0.717, 1.165) is 19.5 Å². The van der Waals surface area contributed by atoms with Crippen molar-refractivity contribution in [2.45, 2.75) is 12.8 Å². The molecule has 2 saturated heterocycles. The van der Waals surface area contributed by atoms with Crippen LogP contribution < -0.4 is 5.84 Å². The van der Waals surface area contributed by atoms with E-state index in [0.29, 0.717) is 13.0 Å². The van der Waals surface area contributed by atoms with Gasteiger partial charge in [-0.2, -0.15) is 0 Å². The molecule has 0 unspecified atom stereocenters. The maximum Gasteiger partial charge on any atom is 0.409 e. The van der Waals surface area contributed by atoms with Crippen LogP contribution in [-0.4, -0.2) is 48.7 Å². The first-order chi connectivity index (χ1) is 6.61. The molecule has 0 aromatic heterocycles. The van der Waals surface area contributed by atoms with Crippen LogP contribution in [0.4, 0.5) is 4.79 Å². The van der Waals surface area contributed by atoms with Crippen LogP contribution in [-0.2, 0) is 9.53 Å². The summed E-state index contributed by atoms with van der Waals surface area (Å²) in [5.74, 6) is 5.23. The van der Waals surface area contributed by atoms with Gasteiger partial charge in [0.2, 0.25) is 5.91 Å². The van der Waals surface area contributed by atoms with Crippen molar-refractivity contribution < 1.29 is 14.3 Å². The number of amides is 2. The highest BCUT2D eigenvalue weighted by Gasteiger charge is 2.16. The van der Waals surface area contributed by atoms with Gasteiger partial charge >= 0.3 is 6.09 Å². The van der Waals surface area contributed by atoms with E-state index in [1.807, 2.05) is 0 Å². The van der Waals surface area contributed by atoms with Crippen LogP contribution >= 0.6 is 0 Å². The van der Waals surface area contributed by atoms with Gasteiger partial charge < -0.3 is 9.64 Å². The number of hydrogen-bond acceptors (Lipinski definition) is 4. The van der Waals surface area contributed by atoms with Crippen LogP contribution in [0.2, 0.25) is 0 Å². The molecule has 2 aliphatic heterocycles. The number of hydrazine groups is 1. The number of carbonyl (C=O) groups excluding carboxylic acids is 2. The number of rotatable bonds is 0. The third-order valence-electron chi connectivity index (χ3n) is 2.07. The fourth-order valence-electron chi connectivity index (χ4n) is 1.14. The zero-order valence-electron chi connectivity index (χ0n) is 8.23. The molecule has 80 valence electrons. The van der Waals surface area contributed by atoms with E-state index < -0.39 is 0 Å². The number of nitrogens with two attached hydrogens (primary N) is 1. The first kappa shape index (κ1) is 10.8. The number of likely N-dealkylation sites (N-methyl/N-ethyl adjacent to an activating group) is 1. The van der Waals surface area contributed by atoms with E-state index in [1.165, 1.54) is 5.01 Å². The number of hydrogen-bond donors (Lipinski definition) is 1. The minimum absolute atomic E-state index is 0.0694. The van der Waals surface area contributed by atoms with Crippen molar-refractivity contribution in [3.8, 4) is 0 Å². The molecular formula is C8H15N3O3. The average molecular weight is 201 g/mol. The molecule has 0 radical (unpaired) electrons. The minimum Gasteiger partial charge on any atom is -0.448 e. The number of ether oxygens (including phenoxy) is 1. The molecule has 2 rings (SSSR count). The molecule has 0 bridgehead atoms. The number of cyclic esters (lactones) is 1. The summed E-state index contributed by atoms with van der Waals surface area (Å²) in [4.78, 5) is 22.2. The Labute approximate surface area is 82.6 Å². The molecule has 2 heterocycles. The molecule has 14 heavy (non-hydrogen) atoms.